The molecule has 6 nitrogen and oxygen atoms in total. The molecule has 4 aromatic rings. The molecule has 1 aliphatic rings. The summed E-state index contributed by atoms with van der Waals surface area (Å²) in [6, 6.07) is 16.9. The van der Waals surface area contributed by atoms with E-state index in [1.165, 1.54) is 0 Å². The van der Waals surface area contributed by atoms with Crippen LogP contribution in [0.25, 0.3) is 16.6 Å². The number of nitriles is 1. The zero-order valence-electron chi connectivity index (χ0n) is 16.3. The Hall–Kier alpha value is -3.63. The third kappa shape index (κ3) is 3.11. The van der Waals surface area contributed by atoms with Gasteiger partial charge in [0.1, 0.15) is 11.0 Å². The molecule has 5 rings (SSSR count). The third-order valence-corrected chi connectivity index (χ3v) is 5.81. The molecule has 0 aliphatic carbocycles. The monoisotopic (exact) mass is 401 g/mol. The van der Waals surface area contributed by atoms with Crippen LogP contribution in [0.1, 0.15) is 11.1 Å². The van der Waals surface area contributed by atoms with Crippen LogP contribution in [0.2, 0.25) is 0 Å². The predicted octanol–water partition coefficient (Wildman–Crippen LogP) is 3.11. The maximum Gasteiger partial charge on any atom is 0.272 e. The van der Waals surface area contributed by atoms with Crippen molar-refractivity contribution in [3.8, 4) is 6.07 Å². The van der Waals surface area contributed by atoms with Gasteiger partial charge in [-0.15, -0.1) is 0 Å². The molecule has 0 amide bonds. The van der Waals surface area contributed by atoms with Crippen LogP contribution in [0.5, 0.6) is 0 Å². The van der Waals surface area contributed by atoms with Gasteiger partial charge in [0.05, 0.1) is 17.1 Å². The molecule has 1 N–H and O–H groups in total. The number of H-pyrrole nitrogens is 1. The highest BCUT2D eigenvalue weighted by atomic mass is 19.1. The highest BCUT2D eigenvalue weighted by Crippen LogP contribution is 2.22. The molecular formula is C23H20FN5O. The number of rotatable bonds is 3. The SMILES string of the molecule is N#Cc1ccc(N2CCN(Cc3ccc4c([nH]c(=O)c5cccn54)c3F)CC2)cc1. The molecule has 0 saturated carbocycles. The van der Waals surface area contributed by atoms with Crippen LogP contribution in [0.15, 0.2) is 59.5 Å². The van der Waals surface area contributed by atoms with Crippen LogP contribution in [0.3, 0.4) is 0 Å². The number of hydrogen-bond donors (Lipinski definition) is 1. The zero-order chi connectivity index (χ0) is 20.7. The second-order valence-corrected chi connectivity index (χ2v) is 7.57. The molecule has 0 radical (unpaired) electrons. The number of anilines is 1. The summed E-state index contributed by atoms with van der Waals surface area (Å²) in [6.45, 7) is 3.79. The van der Waals surface area contributed by atoms with E-state index < -0.39 is 0 Å². The average Bonchev–Trinajstić information content (AvgIpc) is 3.28. The van der Waals surface area contributed by atoms with Gasteiger partial charge in [-0.05, 0) is 42.5 Å². The maximum absolute atomic E-state index is 15.2. The van der Waals surface area contributed by atoms with Crippen molar-refractivity contribution in [1.29, 1.82) is 5.26 Å². The van der Waals surface area contributed by atoms with Gasteiger partial charge < -0.3 is 14.3 Å². The summed E-state index contributed by atoms with van der Waals surface area (Å²) >= 11 is 0. The Balaban J connectivity index is 1.34. The lowest BCUT2D eigenvalue weighted by atomic mass is 10.1. The summed E-state index contributed by atoms with van der Waals surface area (Å²) in [6.07, 6.45) is 1.77. The molecular weight excluding hydrogens is 381 g/mol. The Morgan fingerprint density at radius 1 is 1.00 bits per heavy atom. The van der Waals surface area contributed by atoms with Gasteiger partial charge in [0.2, 0.25) is 0 Å². The molecule has 0 atom stereocenters. The number of aromatic nitrogens is 2. The lowest BCUT2D eigenvalue weighted by Crippen LogP contribution is -2.46. The molecule has 2 aromatic heterocycles. The van der Waals surface area contributed by atoms with Crippen molar-refractivity contribution in [2.45, 2.75) is 6.54 Å². The highest BCUT2D eigenvalue weighted by Gasteiger charge is 2.20. The molecule has 1 fully saturated rings. The molecule has 1 aliphatic heterocycles. The summed E-state index contributed by atoms with van der Waals surface area (Å²) in [5.74, 6) is -0.366. The first-order chi connectivity index (χ1) is 14.6. The zero-order valence-corrected chi connectivity index (χ0v) is 16.3. The largest absolute Gasteiger partial charge is 0.369 e. The fraction of sp³-hybridized carbons (Fsp3) is 0.217. The molecule has 3 heterocycles. The van der Waals surface area contributed by atoms with Crippen LogP contribution in [0, 0.1) is 17.1 Å². The number of benzene rings is 2. The Morgan fingerprint density at radius 3 is 2.50 bits per heavy atom. The van der Waals surface area contributed by atoms with E-state index in [1.807, 2.05) is 36.4 Å². The average molecular weight is 401 g/mol. The topological polar surface area (TPSA) is 67.5 Å². The number of halogens is 1. The maximum atomic E-state index is 15.2. The van der Waals surface area contributed by atoms with E-state index in [4.69, 9.17) is 5.26 Å². The van der Waals surface area contributed by atoms with E-state index in [0.29, 0.717) is 28.7 Å². The Morgan fingerprint density at radius 2 is 1.77 bits per heavy atom. The van der Waals surface area contributed by atoms with Gasteiger partial charge in [-0.2, -0.15) is 5.26 Å². The number of nitrogens with zero attached hydrogens (tertiary/aromatic N) is 4. The molecule has 7 heteroatoms. The number of aromatic amines is 1. The van der Waals surface area contributed by atoms with E-state index in [-0.39, 0.29) is 16.9 Å². The molecule has 0 spiro atoms. The first-order valence-corrected chi connectivity index (χ1v) is 9.92. The summed E-state index contributed by atoms with van der Waals surface area (Å²) in [5, 5.41) is 8.94. The molecule has 150 valence electrons. The first-order valence-electron chi connectivity index (χ1n) is 9.92. The Kier molecular flexibility index (Phi) is 4.49. The van der Waals surface area contributed by atoms with Crippen molar-refractivity contribution < 1.29 is 4.39 Å². The minimum absolute atomic E-state index is 0.248. The van der Waals surface area contributed by atoms with Gasteiger partial charge in [0.25, 0.3) is 5.56 Å². The minimum Gasteiger partial charge on any atom is -0.369 e. The molecule has 0 unspecified atom stereocenters. The van der Waals surface area contributed by atoms with Gasteiger partial charge in [0, 0.05) is 50.2 Å². The number of nitrogens with one attached hydrogen (secondary N) is 1. The van der Waals surface area contributed by atoms with E-state index in [9.17, 15) is 4.79 Å². The van der Waals surface area contributed by atoms with E-state index in [2.05, 4.69) is 20.9 Å². The van der Waals surface area contributed by atoms with Gasteiger partial charge >= 0.3 is 0 Å². The van der Waals surface area contributed by atoms with E-state index in [0.717, 1.165) is 31.9 Å². The number of piperazine rings is 1. The smallest absolute Gasteiger partial charge is 0.272 e. The van der Waals surface area contributed by atoms with Gasteiger partial charge in [0.15, 0.2) is 5.82 Å². The standard InChI is InChI=1S/C23H20FN5O/c24-21-17(5-8-19-22(21)26-23(30)20-2-1-9-29(19)20)15-27-10-12-28(13-11-27)18-6-3-16(14-25)4-7-18/h1-9H,10-13,15H2,(H,26,30). The Bertz CT molecular complexity index is 1320. The summed E-state index contributed by atoms with van der Waals surface area (Å²) in [4.78, 5) is 19.4. The lowest BCUT2D eigenvalue weighted by molar-refractivity contribution is 0.247. The van der Waals surface area contributed by atoms with Crippen molar-refractivity contribution in [3.05, 3.63) is 82.0 Å². The van der Waals surface area contributed by atoms with Crippen molar-refractivity contribution in [1.82, 2.24) is 14.3 Å². The summed E-state index contributed by atoms with van der Waals surface area (Å²) < 4.78 is 16.9. The fourth-order valence-electron chi connectivity index (χ4n) is 4.16. The second kappa shape index (κ2) is 7.32. The highest BCUT2D eigenvalue weighted by molar-refractivity contribution is 5.79. The van der Waals surface area contributed by atoms with Crippen LogP contribution in [-0.4, -0.2) is 40.5 Å². The first kappa shape index (κ1) is 18.4. The normalized spacial score (nSPS) is 15.0. The summed E-state index contributed by atoms with van der Waals surface area (Å²) in [7, 11) is 0. The van der Waals surface area contributed by atoms with Crippen molar-refractivity contribution in [2.75, 3.05) is 31.1 Å². The van der Waals surface area contributed by atoms with Crippen LogP contribution in [-0.2, 0) is 6.54 Å². The number of fused-ring (bicyclic) bond motifs is 3. The molecule has 2 aromatic carbocycles. The van der Waals surface area contributed by atoms with Gasteiger partial charge in [-0.25, -0.2) is 4.39 Å². The van der Waals surface area contributed by atoms with E-state index in [1.54, 1.807) is 22.7 Å². The van der Waals surface area contributed by atoms with Crippen molar-refractivity contribution in [2.24, 2.45) is 0 Å². The fourth-order valence-corrected chi connectivity index (χ4v) is 4.16. The lowest BCUT2D eigenvalue weighted by Gasteiger charge is -2.36. The van der Waals surface area contributed by atoms with Crippen molar-refractivity contribution in [3.63, 3.8) is 0 Å². The summed E-state index contributed by atoms with van der Waals surface area (Å²) in [5.41, 5.74) is 3.45. The quantitative estimate of drug-likeness (QED) is 0.573. The predicted molar refractivity (Wildman–Crippen MR) is 114 cm³/mol. The Labute approximate surface area is 172 Å². The van der Waals surface area contributed by atoms with E-state index >= 15 is 4.39 Å². The molecule has 1 saturated heterocycles. The molecule has 0 bridgehead atoms. The van der Waals surface area contributed by atoms with Crippen LogP contribution in [0.4, 0.5) is 10.1 Å². The van der Waals surface area contributed by atoms with Gasteiger partial charge in [-0.1, -0.05) is 6.07 Å². The van der Waals surface area contributed by atoms with Crippen LogP contribution < -0.4 is 10.5 Å². The number of hydrogen-bond acceptors (Lipinski definition) is 4. The van der Waals surface area contributed by atoms with Crippen molar-refractivity contribution >= 4 is 22.2 Å². The minimum atomic E-state index is -0.366. The third-order valence-electron chi connectivity index (χ3n) is 5.81. The van der Waals surface area contributed by atoms with Gasteiger partial charge in [-0.3, -0.25) is 9.69 Å². The second-order valence-electron chi connectivity index (χ2n) is 7.57. The van der Waals surface area contributed by atoms with Crippen LogP contribution >= 0.6 is 0 Å². The molecule has 30 heavy (non-hydrogen) atoms.